The second-order valence-corrected chi connectivity index (χ2v) is 9.47. The van der Waals surface area contributed by atoms with Crippen molar-refractivity contribution in [3.63, 3.8) is 0 Å². The molecule has 1 heterocycles. The molecule has 1 N–H and O–H groups in total. The van der Waals surface area contributed by atoms with E-state index in [1.807, 2.05) is 6.92 Å². The summed E-state index contributed by atoms with van der Waals surface area (Å²) in [5.74, 6) is -0.323. The highest BCUT2D eigenvalue weighted by atomic mass is 32.2. The van der Waals surface area contributed by atoms with Crippen LogP contribution in [0.3, 0.4) is 0 Å². The smallest absolute Gasteiger partial charge is 0.243 e. The molecule has 0 saturated carbocycles. The number of nitrogens with zero attached hydrogens (tertiary/aromatic N) is 1. The molecule has 1 fully saturated rings. The van der Waals surface area contributed by atoms with Crippen molar-refractivity contribution in [3.05, 3.63) is 30.1 Å². The molecule has 0 aromatic heterocycles. The summed E-state index contributed by atoms with van der Waals surface area (Å²) < 4.78 is 39.9. The first-order chi connectivity index (χ1) is 12.2. The lowest BCUT2D eigenvalue weighted by atomic mass is 9.97. The summed E-state index contributed by atoms with van der Waals surface area (Å²) in [6.07, 6.45) is 3.27. The molecule has 0 radical (unpaired) electrons. The van der Waals surface area contributed by atoms with Gasteiger partial charge in [-0.05, 0) is 62.8 Å². The van der Waals surface area contributed by atoms with E-state index in [0.29, 0.717) is 25.3 Å². The fourth-order valence-corrected chi connectivity index (χ4v) is 4.67. The third-order valence-electron chi connectivity index (χ3n) is 4.77. The summed E-state index contributed by atoms with van der Waals surface area (Å²) in [4.78, 5) is 12.6. The molecule has 1 aromatic rings. The molecule has 0 bridgehead atoms. The molecule has 1 aliphatic heterocycles. The average molecular weight is 385 g/mol. The first-order valence-corrected chi connectivity index (χ1v) is 10.7. The largest absolute Gasteiger partial charge is 0.353 e. The van der Waals surface area contributed by atoms with Crippen molar-refractivity contribution in [3.8, 4) is 0 Å². The van der Waals surface area contributed by atoms with E-state index in [4.69, 9.17) is 0 Å². The molecule has 0 spiro atoms. The number of rotatable bonds is 7. The van der Waals surface area contributed by atoms with Crippen molar-refractivity contribution in [2.45, 2.75) is 57.4 Å². The van der Waals surface area contributed by atoms with Crippen molar-refractivity contribution in [2.75, 3.05) is 13.1 Å². The van der Waals surface area contributed by atoms with Crippen LogP contribution in [0.15, 0.2) is 29.2 Å². The van der Waals surface area contributed by atoms with Gasteiger partial charge in [-0.25, -0.2) is 12.8 Å². The lowest BCUT2D eigenvalue weighted by Gasteiger charge is -2.32. The van der Waals surface area contributed by atoms with Crippen LogP contribution in [0.5, 0.6) is 0 Å². The van der Waals surface area contributed by atoms with E-state index in [1.54, 1.807) is 0 Å². The normalized spacial score (nSPS) is 20.1. The number of carbonyl (C=O) groups excluding carboxylic acids is 1. The van der Waals surface area contributed by atoms with Gasteiger partial charge in [0.2, 0.25) is 15.9 Å². The molecule has 146 valence electrons. The molecule has 26 heavy (non-hydrogen) atoms. The number of halogens is 1. The molecule has 5 nitrogen and oxygen atoms in total. The second-order valence-electron chi connectivity index (χ2n) is 7.54. The lowest BCUT2D eigenvalue weighted by Crippen LogP contribution is -2.47. The minimum atomic E-state index is -3.71. The standard InChI is InChI=1S/C19H29FN2O3S/c1-14(2)6-7-15(3)21-19(23)16-5-4-12-22(13-16)26(24,25)18-10-8-17(20)9-11-18/h8-11,14-16H,4-7,12-13H2,1-3H3,(H,21,23). The number of sulfonamides is 1. The molecule has 2 unspecified atom stereocenters. The minimum absolute atomic E-state index is 0.0604. The van der Waals surface area contributed by atoms with Gasteiger partial charge in [0.05, 0.1) is 10.8 Å². The van der Waals surface area contributed by atoms with E-state index in [9.17, 15) is 17.6 Å². The van der Waals surface area contributed by atoms with E-state index in [0.717, 1.165) is 25.0 Å². The molecule has 1 aliphatic rings. The van der Waals surface area contributed by atoms with Crippen molar-refractivity contribution in [1.29, 1.82) is 0 Å². The fraction of sp³-hybridized carbons (Fsp3) is 0.632. The van der Waals surface area contributed by atoms with Gasteiger partial charge in [0.25, 0.3) is 0 Å². The van der Waals surface area contributed by atoms with Gasteiger partial charge in [0, 0.05) is 19.1 Å². The van der Waals surface area contributed by atoms with Crippen LogP contribution >= 0.6 is 0 Å². The Morgan fingerprint density at radius 2 is 1.88 bits per heavy atom. The van der Waals surface area contributed by atoms with Crippen LogP contribution in [0.1, 0.15) is 46.5 Å². The number of nitrogens with one attached hydrogen (secondary N) is 1. The Hall–Kier alpha value is -1.47. The summed E-state index contributed by atoms with van der Waals surface area (Å²) in [6, 6.07) is 4.88. The zero-order valence-electron chi connectivity index (χ0n) is 15.7. The zero-order chi connectivity index (χ0) is 19.3. The van der Waals surface area contributed by atoms with Crippen LogP contribution in [0, 0.1) is 17.7 Å². The number of amides is 1. The Labute approximate surface area is 156 Å². The van der Waals surface area contributed by atoms with E-state index < -0.39 is 15.8 Å². The fourth-order valence-electron chi connectivity index (χ4n) is 3.15. The van der Waals surface area contributed by atoms with Crippen LogP contribution in [0.2, 0.25) is 0 Å². The highest BCUT2D eigenvalue weighted by molar-refractivity contribution is 7.89. The van der Waals surface area contributed by atoms with Crippen LogP contribution in [0.4, 0.5) is 4.39 Å². The first-order valence-electron chi connectivity index (χ1n) is 9.26. The van der Waals surface area contributed by atoms with Crippen molar-refractivity contribution < 1.29 is 17.6 Å². The van der Waals surface area contributed by atoms with Gasteiger partial charge in [0.1, 0.15) is 5.82 Å². The molecule has 1 saturated heterocycles. The van der Waals surface area contributed by atoms with E-state index in [2.05, 4.69) is 19.2 Å². The summed E-state index contributed by atoms with van der Waals surface area (Å²) in [5, 5.41) is 3.01. The van der Waals surface area contributed by atoms with Crippen LogP contribution in [0.25, 0.3) is 0 Å². The lowest BCUT2D eigenvalue weighted by molar-refractivity contribution is -0.126. The van der Waals surface area contributed by atoms with Gasteiger partial charge in [-0.15, -0.1) is 0 Å². The van der Waals surface area contributed by atoms with Crippen LogP contribution < -0.4 is 5.32 Å². The average Bonchev–Trinajstić information content (AvgIpc) is 2.60. The van der Waals surface area contributed by atoms with E-state index in [-0.39, 0.29) is 29.3 Å². The van der Waals surface area contributed by atoms with Crippen molar-refractivity contribution in [1.82, 2.24) is 9.62 Å². The number of piperidine rings is 1. The SMILES string of the molecule is CC(C)CCC(C)NC(=O)C1CCCN(S(=O)(=O)c2ccc(F)cc2)C1. The Morgan fingerprint density at radius 1 is 1.23 bits per heavy atom. The molecular weight excluding hydrogens is 355 g/mol. The zero-order valence-corrected chi connectivity index (χ0v) is 16.6. The third-order valence-corrected chi connectivity index (χ3v) is 6.65. The maximum Gasteiger partial charge on any atom is 0.243 e. The van der Waals surface area contributed by atoms with Crippen LogP contribution in [-0.4, -0.2) is 37.8 Å². The van der Waals surface area contributed by atoms with E-state index >= 15 is 0 Å². The summed E-state index contributed by atoms with van der Waals surface area (Å²) in [5.41, 5.74) is 0. The second kappa shape index (κ2) is 8.95. The Balaban J connectivity index is 1.99. The topological polar surface area (TPSA) is 66.5 Å². The Bertz CT molecular complexity index is 704. The number of hydrogen-bond acceptors (Lipinski definition) is 3. The van der Waals surface area contributed by atoms with Crippen LogP contribution in [-0.2, 0) is 14.8 Å². The molecule has 7 heteroatoms. The maximum absolute atomic E-state index is 13.1. The summed E-state index contributed by atoms with van der Waals surface area (Å²) >= 11 is 0. The number of carbonyl (C=O) groups is 1. The quantitative estimate of drug-likeness (QED) is 0.785. The molecule has 2 atom stereocenters. The monoisotopic (exact) mass is 384 g/mol. The summed E-state index contributed by atoms with van der Waals surface area (Å²) in [7, 11) is -3.71. The van der Waals surface area contributed by atoms with Gasteiger partial charge in [0.15, 0.2) is 0 Å². The first kappa shape index (κ1) is 20.8. The predicted molar refractivity (Wildman–Crippen MR) is 99.6 cm³/mol. The van der Waals surface area contributed by atoms with Crippen molar-refractivity contribution in [2.24, 2.45) is 11.8 Å². The third kappa shape index (κ3) is 5.51. The predicted octanol–water partition coefficient (Wildman–Crippen LogP) is 3.17. The minimum Gasteiger partial charge on any atom is -0.353 e. The molecule has 2 rings (SSSR count). The van der Waals surface area contributed by atoms with Gasteiger partial charge in [-0.1, -0.05) is 13.8 Å². The van der Waals surface area contributed by atoms with Crippen molar-refractivity contribution >= 4 is 15.9 Å². The maximum atomic E-state index is 13.1. The van der Waals surface area contributed by atoms with E-state index in [1.165, 1.54) is 16.4 Å². The number of benzene rings is 1. The van der Waals surface area contributed by atoms with Gasteiger partial charge >= 0.3 is 0 Å². The van der Waals surface area contributed by atoms with Gasteiger partial charge in [-0.2, -0.15) is 4.31 Å². The molecule has 1 aromatic carbocycles. The highest BCUT2D eigenvalue weighted by Gasteiger charge is 2.33. The Morgan fingerprint density at radius 3 is 2.50 bits per heavy atom. The van der Waals surface area contributed by atoms with Gasteiger partial charge < -0.3 is 5.32 Å². The summed E-state index contributed by atoms with van der Waals surface area (Å²) in [6.45, 7) is 6.83. The number of hydrogen-bond donors (Lipinski definition) is 1. The molecule has 1 amide bonds. The highest BCUT2D eigenvalue weighted by Crippen LogP contribution is 2.24. The Kier molecular flexibility index (Phi) is 7.17. The molecule has 0 aliphatic carbocycles. The van der Waals surface area contributed by atoms with Gasteiger partial charge in [-0.3, -0.25) is 4.79 Å². The molecular formula is C19H29FN2O3S.